The molecule has 3 aliphatic rings. The van der Waals surface area contributed by atoms with Crippen molar-refractivity contribution in [3.63, 3.8) is 0 Å². The lowest BCUT2D eigenvalue weighted by molar-refractivity contribution is -0.527. The number of amides is 3. The summed E-state index contributed by atoms with van der Waals surface area (Å²) < 4.78 is 1.90. The molecule has 0 aromatic heterocycles. The normalized spacial score (nSPS) is 22.3. The van der Waals surface area contributed by atoms with E-state index in [0.717, 1.165) is 11.3 Å². The van der Waals surface area contributed by atoms with Crippen LogP contribution in [0.1, 0.15) is 12.5 Å². The van der Waals surface area contributed by atoms with Gasteiger partial charge in [-0.05, 0) is 12.5 Å². The van der Waals surface area contributed by atoms with Crippen LogP contribution >= 0.6 is 0 Å². The van der Waals surface area contributed by atoms with E-state index >= 15 is 0 Å². The second-order valence-electron chi connectivity index (χ2n) is 6.76. The molecule has 4 rings (SSSR count). The zero-order chi connectivity index (χ0) is 19.1. The molecule has 0 spiro atoms. The Balaban J connectivity index is 1.59. The number of imide groups is 1. The number of nitrogens with zero attached hydrogens (tertiary/aromatic N) is 6. The highest BCUT2D eigenvalue weighted by Crippen LogP contribution is 2.22. The van der Waals surface area contributed by atoms with Crippen LogP contribution in [0, 0.1) is 0 Å². The van der Waals surface area contributed by atoms with E-state index in [4.69, 9.17) is 0 Å². The maximum Gasteiger partial charge on any atom is 0.416 e. The number of guanidine groups is 1. The van der Waals surface area contributed by atoms with E-state index < -0.39 is 6.04 Å². The molecule has 1 unspecified atom stereocenters. The molecule has 1 aromatic carbocycles. The number of hydrogen-bond donors (Lipinski definition) is 0. The molecule has 0 aliphatic carbocycles. The minimum atomic E-state index is -0.597. The van der Waals surface area contributed by atoms with Crippen LogP contribution in [0.15, 0.2) is 46.5 Å². The largest absolute Gasteiger partial charge is 0.416 e. The highest BCUT2D eigenvalue weighted by Gasteiger charge is 2.53. The van der Waals surface area contributed by atoms with E-state index in [1.165, 1.54) is 9.80 Å². The van der Waals surface area contributed by atoms with Crippen molar-refractivity contribution in [2.45, 2.75) is 13.0 Å². The maximum atomic E-state index is 13.1. The van der Waals surface area contributed by atoms with Crippen LogP contribution in [-0.2, 0) is 4.79 Å². The summed E-state index contributed by atoms with van der Waals surface area (Å²) in [5.41, 5.74) is 1.91. The van der Waals surface area contributed by atoms with Crippen molar-refractivity contribution in [3.8, 4) is 0 Å². The number of fused-ring (bicyclic) bond motifs is 2. The van der Waals surface area contributed by atoms with Crippen molar-refractivity contribution < 1.29 is 14.2 Å². The second-order valence-corrected chi connectivity index (χ2v) is 6.76. The van der Waals surface area contributed by atoms with Crippen LogP contribution in [0.3, 0.4) is 0 Å². The predicted molar refractivity (Wildman–Crippen MR) is 103 cm³/mol. The number of aliphatic imine (C=N–C) groups is 1. The third-order valence-electron chi connectivity index (χ3n) is 4.80. The van der Waals surface area contributed by atoms with Crippen LogP contribution in [0.4, 0.5) is 4.79 Å². The number of amidine groups is 1. The minimum absolute atomic E-state index is 0.215. The van der Waals surface area contributed by atoms with E-state index in [-0.39, 0.29) is 18.5 Å². The third kappa shape index (κ3) is 2.83. The average molecular weight is 365 g/mol. The molecule has 1 saturated heterocycles. The first-order chi connectivity index (χ1) is 13.0. The van der Waals surface area contributed by atoms with Crippen LogP contribution in [0.2, 0.25) is 0 Å². The summed E-state index contributed by atoms with van der Waals surface area (Å²) in [5.74, 6) is 0.794. The van der Waals surface area contributed by atoms with Crippen molar-refractivity contribution in [1.82, 2.24) is 14.8 Å². The standard InChI is InChI=1S/C19H21N6O2/c1-13-12-25-15-16(20-18(25)23(3)21-13)22(2)19(27)24(17(15)26)11-7-10-14-8-5-4-6-9-14/h4-10,15H,11-12H2,1-3H3/q+1/b10-7+. The first-order valence-corrected chi connectivity index (χ1v) is 8.78. The zero-order valence-corrected chi connectivity index (χ0v) is 15.5. The summed E-state index contributed by atoms with van der Waals surface area (Å²) >= 11 is 0. The number of urea groups is 1. The molecule has 1 aromatic rings. The van der Waals surface area contributed by atoms with Crippen LogP contribution in [0.5, 0.6) is 0 Å². The van der Waals surface area contributed by atoms with Crippen LogP contribution in [-0.4, -0.2) is 82.1 Å². The van der Waals surface area contributed by atoms with Gasteiger partial charge in [0.2, 0.25) is 11.9 Å². The lowest BCUT2D eigenvalue weighted by atomic mass is 10.1. The monoisotopic (exact) mass is 365 g/mol. The van der Waals surface area contributed by atoms with Gasteiger partial charge < -0.3 is 0 Å². The molecule has 0 radical (unpaired) electrons. The maximum absolute atomic E-state index is 13.1. The predicted octanol–water partition coefficient (Wildman–Crippen LogP) is 1.06. The van der Waals surface area contributed by atoms with E-state index in [1.807, 2.05) is 54.0 Å². The molecule has 3 amide bonds. The van der Waals surface area contributed by atoms with Gasteiger partial charge in [0.25, 0.3) is 5.91 Å². The van der Waals surface area contributed by atoms with Gasteiger partial charge in [0.05, 0.1) is 12.8 Å². The lowest BCUT2D eigenvalue weighted by Gasteiger charge is -2.33. The van der Waals surface area contributed by atoms with Crippen molar-refractivity contribution in [2.24, 2.45) is 10.1 Å². The Bertz CT molecular complexity index is 931. The van der Waals surface area contributed by atoms with Crippen molar-refractivity contribution in [2.75, 3.05) is 27.2 Å². The summed E-state index contributed by atoms with van der Waals surface area (Å²) in [6.07, 6.45) is 3.73. The van der Waals surface area contributed by atoms with E-state index in [2.05, 4.69) is 10.1 Å². The summed E-state index contributed by atoms with van der Waals surface area (Å²) in [7, 11) is 3.44. The molecule has 1 atom stereocenters. The van der Waals surface area contributed by atoms with Gasteiger partial charge in [0.15, 0.2) is 0 Å². The SMILES string of the molecule is CC1=NN(C)C2=[N+](C1)C1C(=O)N(C/C=C/c3ccccc3)C(=O)N(C)C1=N2. The lowest BCUT2D eigenvalue weighted by Crippen LogP contribution is -2.63. The fourth-order valence-corrected chi connectivity index (χ4v) is 3.53. The fourth-order valence-electron chi connectivity index (χ4n) is 3.53. The first-order valence-electron chi connectivity index (χ1n) is 8.78. The van der Waals surface area contributed by atoms with Crippen molar-refractivity contribution in [1.29, 1.82) is 0 Å². The van der Waals surface area contributed by atoms with Crippen molar-refractivity contribution >= 4 is 35.5 Å². The van der Waals surface area contributed by atoms with E-state index in [0.29, 0.717) is 18.3 Å². The number of hydrazone groups is 1. The Morgan fingerprint density at radius 1 is 1.22 bits per heavy atom. The van der Waals surface area contributed by atoms with Crippen molar-refractivity contribution in [3.05, 3.63) is 42.0 Å². The molecular formula is C19H21N6O2+. The Hall–Kier alpha value is -3.29. The van der Waals surface area contributed by atoms with Crippen LogP contribution in [0.25, 0.3) is 6.08 Å². The molecule has 27 heavy (non-hydrogen) atoms. The van der Waals surface area contributed by atoms with E-state index in [1.54, 1.807) is 19.1 Å². The fraction of sp³-hybridized carbons (Fsp3) is 0.316. The average Bonchev–Trinajstić information content (AvgIpc) is 3.03. The third-order valence-corrected chi connectivity index (χ3v) is 4.80. The molecule has 138 valence electrons. The first kappa shape index (κ1) is 17.1. The Labute approximate surface area is 157 Å². The van der Waals surface area contributed by atoms with Gasteiger partial charge in [-0.3, -0.25) is 14.6 Å². The Morgan fingerprint density at radius 3 is 2.70 bits per heavy atom. The number of likely N-dealkylation sites (N-methyl/N-ethyl adjacent to an activating group) is 1. The Morgan fingerprint density at radius 2 is 1.96 bits per heavy atom. The molecule has 3 heterocycles. The molecule has 3 aliphatic heterocycles. The zero-order valence-electron chi connectivity index (χ0n) is 15.5. The molecule has 8 nitrogen and oxygen atoms in total. The highest BCUT2D eigenvalue weighted by atomic mass is 16.2. The van der Waals surface area contributed by atoms with Gasteiger partial charge in [0, 0.05) is 13.6 Å². The quantitative estimate of drug-likeness (QED) is 0.752. The number of benzene rings is 1. The summed E-state index contributed by atoms with van der Waals surface area (Å²) in [4.78, 5) is 33.1. The van der Waals surface area contributed by atoms with Gasteiger partial charge >= 0.3 is 12.0 Å². The van der Waals surface area contributed by atoms with E-state index in [9.17, 15) is 9.59 Å². The molecular weight excluding hydrogens is 344 g/mol. The molecule has 0 N–H and O–H groups in total. The molecule has 1 fully saturated rings. The van der Waals surface area contributed by atoms with Gasteiger partial charge in [-0.25, -0.2) is 9.37 Å². The number of carbonyl (C=O) groups is 2. The number of hydrogen-bond acceptors (Lipinski definition) is 5. The summed E-state index contributed by atoms with van der Waals surface area (Å²) in [6.45, 7) is 2.64. The van der Waals surface area contributed by atoms with Gasteiger partial charge in [-0.1, -0.05) is 47.5 Å². The Kier molecular flexibility index (Phi) is 4.10. The summed E-state index contributed by atoms with van der Waals surface area (Å²) in [5, 5.41) is 6.03. The summed E-state index contributed by atoms with van der Waals surface area (Å²) in [6, 6.07) is 8.81. The second kappa shape index (κ2) is 6.46. The molecule has 0 bridgehead atoms. The molecule has 0 saturated carbocycles. The number of carbonyl (C=O) groups excluding carboxylic acids is 2. The smallest absolute Gasteiger partial charge is 0.270 e. The van der Waals surface area contributed by atoms with Gasteiger partial charge in [-0.15, -0.1) is 10.1 Å². The minimum Gasteiger partial charge on any atom is -0.270 e. The van der Waals surface area contributed by atoms with Crippen LogP contribution < -0.4 is 0 Å². The van der Waals surface area contributed by atoms with Gasteiger partial charge in [0.1, 0.15) is 6.54 Å². The van der Waals surface area contributed by atoms with Gasteiger partial charge in [-0.2, -0.15) is 0 Å². The molecule has 8 heteroatoms. The highest BCUT2D eigenvalue weighted by molar-refractivity contribution is 6.23. The topological polar surface area (TPSA) is 71.6 Å². The number of rotatable bonds is 3.